The van der Waals surface area contributed by atoms with E-state index in [1.54, 1.807) is 13.1 Å². The van der Waals surface area contributed by atoms with Gasteiger partial charge in [-0.25, -0.2) is 0 Å². The van der Waals surface area contributed by atoms with Gasteiger partial charge >= 0.3 is 0 Å². The number of carbonyl (C=O) groups is 1. The van der Waals surface area contributed by atoms with Crippen LogP contribution in [-0.2, 0) is 11.3 Å². The maximum atomic E-state index is 12.0. The predicted molar refractivity (Wildman–Crippen MR) is 127 cm³/mol. The standard InChI is InChI=1S/C21H31N5O2.HI/c1-3-14-28-19-7-5-4-6-17(19)15-23-21(22-2)26-12-10-25(11-13-26)16-20(27)24-18-8-9-18;/h3-7,18H,1,8-16H2,2H3,(H,22,23)(H,24,27);1H. The molecule has 160 valence electrons. The van der Waals surface area contributed by atoms with Crippen molar-refractivity contribution in [3.05, 3.63) is 42.5 Å². The van der Waals surface area contributed by atoms with Crippen LogP contribution in [0.5, 0.6) is 5.75 Å². The fourth-order valence-corrected chi connectivity index (χ4v) is 3.27. The summed E-state index contributed by atoms with van der Waals surface area (Å²) in [4.78, 5) is 20.9. The number of rotatable bonds is 8. The van der Waals surface area contributed by atoms with Gasteiger partial charge in [-0.3, -0.25) is 14.7 Å². The summed E-state index contributed by atoms with van der Waals surface area (Å²) in [5.41, 5.74) is 1.08. The molecule has 0 bridgehead atoms. The van der Waals surface area contributed by atoms with Crippen molar-refractivity contribution in [1.29, 1.82) is 0 Å². The second-order valence-electron chi connectivity index (χ2n) is 7.21. The van der Waals surface area contributed by atoms with E-state index in [9.17, 15) is 4.79 Å². The molecule has 1 heterocycles. The van der Waals surface area contributed by atoms with Crippen LogP contribution in [0.2, 0.25) is 0 Å². The summed E-state index contributed by atoms with van der Waals surface area (Å²) in [6, 6.07) is 8.42. The van der Waals surface area contributed by atoms with Gasteiger partial charge in [-0.05, 0) is 18.9 Å². The number of hydrogen-bond acceptors (Lipinski definition) is 4. The van der Waals surface area contributed by atoms with E-state index in [4.69, 9.17) is 4.74 Å². The molecule has 0 unspecified atom stereocenters. The molecule has 0 spiro atoms. The summed E-state index contributed by atoms with van der Waals surface area (Å²) in [6.45, 7) is 8.74. The number of piperazine rings is 1. The minimum absolute atomic E-state index is 0. The fraction of sp³-hybridized carbons (Fsp3) is 0.524. The molecule has 3 rings (SSSR count). The van der Waals surface area contributed by atoms with Crippen molar-refractivity contribution in [2.24, 2.45) is 4.99 Å². The minimum Gasteiger partial charge on any atom is -0.489 e. The van der Waals surface area contributed by atoms with Crippen LogP contribution in [0.15, 0.2) is 41.9 Å². The van der Waals surface area contributed by atoms with Gasteiger partial charge in [0, 0.05) is 51.4 Å². The van der Waals surface area contributed by atoms with E-state index in [1.807, 2.05) is 18.2 Å². The number of ether oxygens (including phenoxy) is 1. The Bertz CT molecular complexity index is 700. The third kappa shape index (κ3) is 7.50. The Balaban J connectivity index is 0.00000300. The SMILES string of the molecule is C=CCOc1ccccc1CNC(=NC)N1CCN(CC(=O)NC2CC2)CC1.I. The number of nitrogens with zero attached hydrogens (tertiary/aromatic N) is 3. The molecule has 1 aliphatic carbocycles. The largest absolute Gasteiger partial charge is 0.489 e. The first kappa shape index (κ1) is 23.5. The highest BCUT2D eigenvalue weighted by atomic mass is 127. The van der Waals surface area contributed by atoms with E-state index in [0.717, 1.165) is 56.3 Å². The van der Waals surface area contributed by atoms with Crippen molar-refractivity contribution >= 4 is 35.8 Å². The summed E-state index contributed by atoms with van der Waals surface area (Å²) < 4.78 is 5.72. The van der Waals surface area contributed by atoms with Crippen LogP contribution < -0.4 is 15.4 Å². The highest BCUT2D eigenvalue weighted by Gasteiger charge is 2.25. The lowest BCUT2D eigenvalue weighted by Crippen LogP contribution is -2.54. The third-order valence-electron chi connectivity index (χ3n) is 4.96. The quantitative estimate of drug-likeness (QED) is 0.241. The highest BCUT2D eigenvalue weighted by molar-refractivity contribution is 14.0. The van der Waals surface area contributed by atoms with E-state index in [1.165, 1.54) is 0 Å². The molecule has 0 radical (unpaired) electrons. The van der Waals surface area contributed by atoms with E-state index in [-0.39, 0.29) is 29.9 Å². The van der Waals surface area contributed by atoms with Gasteiger partial charge in [0.15, 0.2) is 5.96 Å². The van der Waals surface area contributed by atoms with Crippen molar-refractivity contribution in [2.75, 3.05) is 46.4 Å². The molecule has 2 aliphatic rings. The Morgan fingerprint density at radius 2 is 2.00 bits per heavy atom. The van der Waals surface area contributed by atoms with Crippen molar-refractivity contribution in [3.8, 4) is 5.75 Å². The van der Waals surface area contributed by atoms with Crippen LogP contribution in [0.25, 0.3) is 0 Å². The zero-order valence-electron chi connectivity index (χ0n) is 17.1. The molecule has 1 aromatic rings. The van der Waals surface area contributed by atoms with Gasteiger partial charge in [0.25, 0.3) is 0 Å². The van der Waals surface area contributed by atoms with Crippen LogP contribution in [0.3, 0.4) is 0 Å². The molecule has 1 saturated heterocycles. The molecular weight excluding hydrogens is 481 g/mol. The zero-order chi connectivity index (χ0) is 19.8. The number of hydrogen-bond donors (Lipinski definition) is 2. The van der Waals surface area contributed by atoms with E-state index < -0.39 is 0 Å². The summed E-state index contributed by atoms with van der Waals surface area (Å²) in [5, 5.41) is 6.49. The topological polar surface area (TPSA) is 69.2 Å². The number of amides is 1. The molecule has 1 saturated carbocycles. The molecule has 7 nitrogen and oxygen atoms in total. The minimum atomic E-state index is 0. The Kier molecular flexibility index (Phi) is 9.72. The molecule has 1 aromatic carbocycles. The van der Waals surface area contributed by atoms with Crippen LogP contribution in [0.1, 0.15) is 18.4 Å². The lowest BCUT2D eigenvalue weighted by atomic mass is 10.2. The number of carbonyl (C=O) groups excluding carboxylic acids is 1. The van der Waals surface area contributed by atoms with Crippen LogP contribution >= 0.6 is 24.0 Å². The first-order valence-corrected chi connectivity index (χ1v) is 9.98. The van der Waals surface area contributed by atoms with E-state index in [0.29, 0.717) is 25.7 Å². The normalized spacial score (nSPS) is 17.3. The third-order valence-corrected chi connectivity index (χ3v) is 4.96. The van der Waals surface area contributed by atoms with Gasteiger partial charge in [0.05, 0.1) is 6.54 Å². The first-order chi connectivity index (χ1) is 13.7. The number of guanidine groups is 1. The summed E-state index contributed by atoms with van der Waals surface area (Å²) >= 11 is 0. The van der Waals surface area contributed by atoms with Crippen molar-refractivity contribution in [2.45, 2.75) is 25.4 Å². The molecule has 29 heavy (non-hydrogen) atoms. The molecule has 0 aromatic heterocycles. The second-order valence-corrected chi connectivity index (χ2v) is 7.21. The van der Waals surface area contributed by atoms with Crippen molar-refractivity contribution < 1.29 is 9.53 Å². The number of aliphatic imine (C=N–C) groups is 1. The van der Waals surface area contributed by atoms with Gasteiger partial charge in [-0.15, -0.1) is 24.0 Å². The maximum absolute atomic E-state index is 12.0. The van der Waals surface area contributed by atoms with Crippen molar-refractivity contribution in [1.82, 2.24) is 20.4 Å². The lowest BCUT2D eigenvalue weighted by Gasteiger charge is -2.36. The molecule has 0 atom stereocenters. The van der Waals surface area contributed by atoms with E-state index >= 15 is 0 Å². The highest BCUT2D eigenvalue weighted by Crippen LogP contribution is 2.19. The second kappa shape index (κ2) is 12.0. The number of para-hydroxylation sites is 1. The fourth-order valence-electron chi connectivity index (χ4n) is 3.27. The summed E-state index contributed by atoms with van der Waals surface area (Å²) in [7, 11) is 1.80. The summed E-state index contributed by atoms with van der Waals surface area (Å²) in [5.74, 6) is 1.88. The smallest absolute Gasteiger partial charge is 0.234 e. The average Bonchev–Trinajstić information content (AvgIpc) is 3.52. The Morgan fingerprint density at radius 3 is 2.66 bits per heavy atom. The Morgan fingerprint density at radius 1 is 1.28 bits per heavy atom. The Hall–Kier alpha value is -1.81. The molecular formula is C21H32IN5O2. The van der Waals surface area contributed by atoms with Crippen molar-refractivity contribution in [3.63, 3.8) is 0 Å². The average molecular weight is 513 g/mol. The zero-order valence-corrected chi connectivity index (χ0v) is 19.4. The van der Waals surface area contributed by atoms with E-state index in [2.05, 4.69) is 38.1 Å². The van der Waals surface area contributed by atoms with Gasteiger partial charge in [-0.1, -0.05) is 30.9 Å². The van der Waals surface area contributed by atoms with Crippen LogP contribution in [0, 0.1) is 0 Å². The molecule has 8 heteroatoms. The monoisotopic (exact) mass is 513 g/mol. The number of benzene rings is 1. The predicted octanol–water partition coefficient (Wildman–Crippen LogP) is 1.84. The molecule has 2 N–H and O–H groups in total. The first-order valence-electron chi connectivity index (χ1n) is 9.98. The van der Waals surface area contributed by atoms with Crippen LogP contribution in [0.4, 0.5) is 0 Å². The number of nitrogens with one attached hydrogen (secondary N) is 2. The van der Waals surface area contributed by atoms with Gasteiger partial charge in [-0.2, -0.15) is 0 Å². The maximum Gasteiger partial charge on any atom is 0.234 e. The number of halogens is 1. The summed E-state index contributed by atoms with van der Waals surface area (Å²) in [6.07, 6.45) is 4.00. The molecule has 2 fully saturated rings. The van der Waals surface area contributed by atoms with Gasteiger partial charge in [0.1, 0.15) is 12.4 Å². The van der Waals surface area contributed by atoms with Crippen LogP contribution in [-0.4, -0.2) is 74.1 Å². The Labute approximate surface area is 190 Å². The molecule has 1 amide bonds. The van der Waals surface area contributed by atoms with Gasteiger partial charge < -0.3 is 20.3 Å². The van der Waals surface area contributed by atoms with Gasteiger partial charge in [0.2, 0.25) is 5.91 Å². The molecule has 1 aliphatic heterocycles. The lowest BCUT2D eigenvalue weighted by molar-refractivity contribution is -0.122.